The van der Waals surface area contributed by atoms with Gasteiger partial charge < -0.3 is 13.7 Å². The molecule has 4 heterocycles. The second-order valence-corrected chi connectivity index (χ2v) is 22.8. The second-order valence-electron chi connectivity index (χ2n) is 21.8. The normalized spacial score (nSPS) is 11.8. The summed E-state index contributed by atoms with van der Waals surface area (Å²) in [6, 6.07) is 111. The third-order valence-electron chi connectivity index (χ3n) is 17.2. The van der Waals surface area contributed by atoms with E-state index in [0.29, 0.717) is 0 Å². The first kappa shape index (κ1) is 47.9. The average Bonchev–Trinajstić information content (AvgIpc) is 4.54. The summed E-state index contributed by atoms with van der Waals surface area (Å²) in [6.45, 7) is 0. The molecule has 0 radical (unpaired) electrons. The van der Waals surface area contributed by atoms with Crippen molar-refractivity contribution in [2.75, 3.05) is 0 Å². The Bertz CT molecular complexity index is 4970. The molecule has 5 heteroatoms. The second kappa shape index (κ2) is 19.4. The van der Waals surface area contributed by atoms with Crippen LogP contribution >= 0.6 is 11.3 Å². The molecular weight excluding hydrogens is 1040 g/mol. The molecule has 0 amide bonds. The van der Waals surface area contributed by atoms with Gasteiger partial charge in [0.1, 0.15) is 5.01 Å². The maximum absolute atomic E-state index is 5.54. The molecule has 392 valence electrons. The van der Waals surface area contributed by atoms with Crippen molar-refractivity contribution >= 4 is 87.0 Å². The molecule has 0 unspecified atom stereocenters. The lowest BCUT2D eigenvalue weighted by atomic mass is 9.96. The highest BCUT2D eigenvalue weighted by Gasteiger charge is 2.19. The van der Waals surface area contributed by atoms with Crippen LogP contribution in [0, 0.1) is 0 Å². The molecular formula is C79H50N4S. The minimum absolute atomic E-state index is 0.992. The quantitative estimate of drug-likeness (QED) is 0.142. The average molecular weight is 1090 g/mol. The van der Waals surface area contributed by atoms with Crippen molar-refractivity contribution in [1.29, 1.82) is 0 Å². The lowest BCUT2D eigenvalue weighted by Gasteiger charge is -2.11. The molecule has 0 aliphatic carbocycles. The molecule has 0 saturated carbocycles. The maximum atomic E-state index is 5.54. The van der Waals surface area contributed by atoms with Crippen LogP contribution in [-0.4, -0.2) is 18.7 Å². The first-order chi connectivity index (χ1) is 41.6. The van der Waals surface area contributed by atoms with Gasteiger partial charge in [0.15, 0.2) is 0 Å². The number of nitrogens with zero attached hydrogens (tertiary/aromatic N) is 4. The van der Waals surface area contributed by atoms with Crippen molar-refractivity contribution in [3.05, 3.63) is 303 Å². The van der Waals surface area contributed by atoms with Crippen molar-refractivity contribution in [2.24, 2.45) is 0 Å². The Hall–Kier alpha value is -10.9. The van der Waals surface area contributed by atoms with Crippen LogP contribution in [0.4, 0.5) is 0 Å². The zero-order valence-electron chi connectivity index (χ0n) is 45.6. The molecule has 0 fully saturated rings. The van der Waals surface area contributed by atoms with E-state index < -0.39 is 0 Å². The Labute approximate surface area is 489 Å². The minimum Gasteiger partial charge on any atom is -0.309 e. The summed E-state index contributed by atoms with van der Waals surface area (Å²) >= 11 is 1.77. The monoisotopic (exact) mass is 1090 g/mol. The van der Waals surface area contributed by atoms with Gasteiger partial charge in [0.2, 0.25) is 0 Å². The Morgan fingerprint density at radius 2 is 0.452 bits per heavy atom. The first-order valence-electron chi connectivity index (χ1n) is 28.7. The highest BCUT2D eigenvalue weighted by Crippen LogP contribution is 2.44. The van der Waals surface area contributed by atoms with Gasteiger partial charge in [-0.25, -0.2) is 4.98 Å². The third-order valence-corrected chi connectivity index (χ3v) is 18.3. The summed E-state index contributed by atoms with van der Waals surface area (Å²) in [6.07, 6.45) is 0. The third kappa shape index (κ3) is 7.78. The van der Waals surface area contributed by atoms with E-state index in [4.69, 9.17) is 4.98 Å². The van der Waals surface area contributed by atoms with E-state index in [-0.39, 0.29) is 0 Å². The molecule has 17 rings (SSSR count). The summed E-state index contributed by atoms with van der Waals surface area (Å²) in [4.78, 5) is 5.54. The molecule has 0 spiro atoms. The topological polar surface area (TPSA) is 27.7 Å². The molecule has 0 atom stereocenters. The van der Waals surface area contributed by atoms with Crippen LogP contribution in [0.3, 0.4) is 0 Å². The largest absolute Gasteiger partial charge is 0.309 e. The highest BCUT2D eigenvalue weighted by molar-refractivity contribution is 7.22. The van der Waals surface area contributed by atoms with E-state index in [1.165, 1.54) is 103 Å². The summed E-state index contributed by atoms with van der Waals surface area (Å²) in [5, 5.41) is 8.58. The van der Waals surface area contributed by atoms with Crippen molar-refractivity contribution in [2.45, 2.75) is 0 Å². The maximum Gasteiger partial charge on any atom is 0.124 e. The number of rotatable bonds is 9. The van der Waals surface area contributed by atoms with Gasteiger partial charge in [0.05, 0.1) is 43.3 Å². The zero-order chi connectivity index (χ0) is 55.2. The van der Waals surface area contributed by atoms with Crippen molar-refractivity contribution in [3.8, 4) is 83.3 Å². The Kier molecular flexibility index (Phi) is 11.1. The van der Waals surface area contributed by atoms with Gasteiger partial charge in [-0.05, 0) is 117 Å². The molecule has 0 bridgehead atoms. The fraction of sp³-hybridized carbons (Fsp3) is 0. The van der Waals surface area contributed by atoms with Gasteiger partial charge in [-0.15, -0.1) is 11.3 Å². The summed E-state index contributed by atoms with van der Waals surface area (Å²) < 4.78 is 8.28. The summed E-state index contributed by atoms with van der Waals surface area (Å²) in [5.74, 6) is 0. The number of para-hydroxylation sites is 6. The molecule has 0 aliphatic rings. The molecule has 13 aromatic carbocycles. The number of hydrogen-bond donors (Lipinski definition) is 0. The standard InChI is InChI=1S/C79H50N4S/c1-7-19-71-65(13-1)66-14-2-8-20-72(66)81(71)60-43-37-54(38-44-60)51-25-31-57(32-26-51)63-49-50-64(58-33-27-52(28-34-58)55-39-45-61(46-40-55)82-73-21-9-3-15-67(73)68-16-4-10-22-74(68)82)78-77(63)80-79(84-78)59-35-29-53(30-36-59)56-41-47-62(48-42-56)83-75-23-11-5-17-69(75)70-18-6-12-24-76(70)83/h1-50H. The Morgan fingerprint density at radius 1 is 0.214 bits per heavy atom. The summed E-state index contributed by atoms with van der Waals surface area (Å²) in [5.41, 5.74) is 24.4. The van der Waals surface area contributed by atoms with E-state index >= 15 is 0 Å². The van der Waals surface area contributed by atoms with Gasteiger partial charge in [-0.2, -0.15) is 0 Å². The van der Waals surface area contributed by atoms with E-state index in [1.54, 1.807) is 11.3 Å². The van der Waals surface area contributed by atoms with Crippen molar-refractivity contribution in [3.63, 3.8) is 0 Å². The van der Waals surface area contributed by atoms with Crippen LogP contribution in [0.1, 0.15) is 0 Å². The lowest BCUT2D eigenvalue weighted by Crippen LogP contribution is -1.93. The first-order valence-corrected chi connectivity index (χ1v) is 29.5. The van der Waals surface area contributed by atoms with E-state index in [0.717, 1.165) is 55.4 Å². The fourth-order valence-electron chi connectivity index (χ4n) is 13.1. The van der Waals surface area contributed by atoms with Gasteiger partial charge >= 0.3 is 0 Å². The lowest BCUT2D eigenvalue weighted by molar-refractivity contribution is 1.18. The Morgan fingerprint density at radius 3 is 0.762 bits per heavy atom. The molecule has 4 aromatic heterocycles. The van der Waals surface area contributed by atoms with E-state index in [9.17, 15) is 0 Å². The molecule has 0 saturated heterocycles. The number of fused-ring (bicyclic) bond motifs is 10. The van der Waals surface area contributed by atoms with Crippen LogP contribution in [0.5, 0.6) is 0 Å². The molecule has 0 N–H and O–H groups in total. The smallest absolute Gasteiger partial charge is 0.124 e. The number of benzene rings is 13. The van der Waals surface area contributed by atoms with Crippen molar-refractivity contribution in [1.82, 2.24) is 18.7 Å². The number of hydrogen-bond acceptors (Lipinski definition) is 2. The van der Waals surface area contributed by atoms with Gasteiger partial charge in [0, 0.05) is 66.1 Å². The van der Waals surface area contributed by atoms with Crippen LogP contribution in [0.25, 0.3) is 159 Å². The highest BCUT2D eigenvalue weighted by atomic mass is 32.1. The number of thiazole rings is 1. The molecule has 4 nitrogen and oxygen atoms in total. The minimum atomic E-state index is 0.992. The van der Waals surface area contributed by atoms with Crippen molar-refractivity contribution < 1.29 is 0 Å². The molecule has 0 aliphatic heterocycles. The predicted molar refractivity (Wildman–Crippen MR) is 355 cm³/mol. The summed E-state index contributed by atoms with van der Waals surface area (Å²) in [7, 11) is 0. The Balaban J connectivity index is 0.703. The van der Waals surface area contributed by atoms with Crippen LogP contribution in [0.2, 0.25) is 0 Å². The van der Waals surface area contributed by atoms with E-state index in [1.807, 2.05) is 0 Å². The van der Waals surface area contributed by atoms with Crippen LogP contribution in [0.15, 0.2) is 303 Å². The van der Waals surface area contributed by atoms with Gasteiger partial charge in [-0.3, -0.25) is 0 Å². The van der Waals surface area contributed by atoms with Crippen LogP contribution < -0.4 is 0 Å². The van der Waals surface area contributed by atoms with Crippen LogP contribution in [-0.2, 0) is 0 Å². The SMILES string of the molecule is c1ccc2c(c1)c1ccccc1n2-c1ccc(-c2ccc(-c3nc4c(-c5ccc(-c6ccc(-n7c8ccccc8c8ccccc87)cc6)cc5)ccc(-c5ccc(-c6ccc(-n7c8ccccc8c8ccccc87)cc6)cc5)c4s3)cc2)cc1. The molecule has 84 heavy (non-hydrogen) atoms. The van der Waals surface area contributed by atoms with Gasteiger partial charge in [0.25, 0.3) is 0 Å². The predicted octanol–water partition coefficient (Wildman–Crippen LogP) is 21.6. The zero-order valence-corrected chi connectivity index (χ0v) is 46.4. The van der Waals surface area contributed by atoms with E-state index in [2.05, 4.69) is 317 Å². The molecule has 17 aromatic rings. The fourth-order valence-corrected chi connectivity index (χ4v) is 14.2. The number of aromatic nitrogens is 4. The van der Waals surface area contributed by atoms with Gasteiger partial charge in [-0.1, -0.05) is 231 Å².